The molecule has 2 N–H and O–H groups in total. The van der Waals surface area contributed by atoms with Gasteiger partial charge in [0.15, 0.2) is 0 Å². The largest absolute Gasteiger partial charge is 0.440 e. The van der Waals surface area contributed by atoms with Gasteiger partial charge in [0.25, 0.3) is 0 Å². The van der Waals surface area contributed by atoms with Crippen LogP contribution in [0.25, 0.3) is 5.70 Å². The lowest BCUT2D eigenvalue weighted by atomic mass is 9.95. The summed E-state index contributed by atoms with van der Waals surface area (Å²) in [5.74, 6) is 1.74. The molecule has 1 atom stereocenters. The molecule has 1 aliphatic rings. The molecular formula is C19H20ClN3O. The highest BCUT2D eigenvalue weighted by molar-refractivity contribution is 6.31. The molecule has 2 heterocycles. The zero-order valence-electron chi connectivity index (χ0n) is 13.4. The number of hydrogen-bond acceptors (Lipinski definition) is 4. The molecule has 2 aromatic rings. The van der Waals surface area contributed by atoms with E-state index in [4.69, 9.17) is 21.8 Å². The predicted octanol–water partition coefficient (Wildman–Crippen LogP) is 4.43. The van der Waals surface area contributed by atoms with Crippen molar-refractivity contribution in [1.29, 1.82) is 0 Å². The molecule has 24 heavy (non-hydrogen) atoms. The number of aryl methyl sites for hydroxylation is 2. The Hall–Kier alpha value is -2.33. The van der Waals surface area contributed by atoms with Crippen LogP contribution in [0.2, 0.25) is 5.02 Å². The summed E-state index contributed by atoms with van der Waals surface area (Å²) in [7, 11) is 0. The lowest BCUT2D eigenvalue weighted by Crippen LogP contribution is -2.03. The lowest BCUT2D eigenvalue weighted by molar-refractivity contribution is 0.473. The average molecular weight is 342 g/mol. The first kappa shape index (κ1) is 16.5. The molecule has 0 saturated heterocycles. The summed E-state index contributed by atoms with van der Waals surface area (Å²) in [6, 6.07) is 3.75. The Morgan fingerprint density at radius 1 is 1.33 bits per heavy atom. The van der Waals surface area contributed by atoms with Gasteiger partial charge in [-0.05, 0) is 37.5 Å². The molecule has 5 heteroatoms. The van der Waals surface area contributed by atoms with E-state index in [1.54, 1.807) is 18.3 Å². The van der Waals surface area contributed by atoms with Gasteiger partial charge in [0.05, 0.1) is 22.1 Å². The maximum Gasteiger partial charge on any atom is 0.242 e. The topological polar surface area (TPSA) is 64.9 Å². The Morgan fingerprint density at radius 2 is 2.17 bits per heavy atom. The quantitative estimate of drug-likeness (QED) is 0.660. The number of allylic oxidation sites excluding steroid dienone is 4. The average Bonchev–Trinajstić information content (AvgIpc) is 2.90. The second-order valence-electron chi connectivity index (χ2n) is 5.78. The Balaban J connectivity index is 1.76. The number of pyridine rings is 1. The van der Waals surface area contributed by atoms with Crippen LogP contribution in [0.4, 0.5) is 0 Å². The van der Waals surface area contributed by atoms with E-state index >= 15 is 0 Å². The van der Waals surface area contributed by atoms with Crippen LogP contribution in [0.3, 0.4) is 0 Å². The van der Waals surface area contributed by atoms with Crippen molar-refractivity contribution >= 4 is 17.3 Å². The van der Waals surface area contributed by atoms with Gasteiger partial charge < -0.3 is 10.2 Å². The summed E-state index contributed by atoms with van der Waals surface area (Å²) in [5.41, 5.74) is 8.50. The van der Waals surface area contributed by atoms with E-state index in [0.717, 1.165) is 47.9 Å². The molecule has 0 fully saturated rings. The fourth-order valence-electron chi connectivity index (χ4n) is 2.94. The van der Waals surface area contributed by atoms with Gasteiger partial charge in [-0.15, -0.1) is 0 Å². The molecule has 1 aliphatic carbocycles. The van der Waals surface area contributed by atoms with E-state index in [1.165, 1.54) is 0 Å². The van der Waals surface area contributed by atoms with Crippen LogP contribution in [0.5, 0.6) is 0 Å². The Labute approximate surface area is 146 Å². The molecule has 0 aromatic carbocycles. The van der Waals surface area contributed by atoms with Gasteiger partial charge in [0, 0.05) is 18.5 Å². The minimum Gasteiger partial charge on any atom is -0.440 e. The molecule has 1 unspecified atom stereocenters. The summed E-state index contributed by atoms with van der Waals surface area (Å²) in [6.07, 6.45) is 12.4. The fourth-order valence-corrected chi connectivity index (χ4v) is 3.21. The predicted molar refractivity (Wildman–Crippen MR) is 96.6 cm³/mol. The fraction of sp³-hybridized carbons (Fsp3) is 0.263. The number of oxazole rings is 1. The number of halogens is 1. The molecule has 0 spiro atoms. The van der Waals surface area contributed by atoms with Crippen molar-refractivity contribution in [3.05, 3.63) is 77.3 Å². The molecule has 0 radical (unpaired) electrons. The van der Waals surface area contributed by atoms with Gasteiger partial charge in [-0.2, -0.15) is 0 Å². The van der Waals surface area contributed by atoms with Gasteiger partial charge in [0.1, 0.15) is 5.76 Å². The molecule has 2 aromatic heterocycles. The summed E-state index contributed by atoms with van der Waals surface area (Å²) >= 11 is 6.28. The first-order valence-corrected chi connectivity index (χ1v) is 8.41. The van der Waals surface area contributed by atoms with Crippen LogP contribution in [0.1, 0.15) is 41.8 Å². The summed E-state index contributed by atoms with van der Waals surface area (Å²) < 4.78 is 5.88. The van der Waals surface area contributed by atoms with E-state index in [-0.39, 0.29) is 0 Å². The van der Waals surface area contributed by atoms with Crippen molar-refractivity contribution in [3.63, 3.8) is 0 Å². The molecule has 0 aliphatic heterocycles. The maximum atomic E-state index is 6.28. The minimum atomic E-state index is 0.329. The van der Waals surface area contributed by atoms with Gasteiger partial charge in [0.2, 0.25) is 5.89 Å². The zero-order chi connectivity index (χ0) is 16.9. The van der Waals surface area contributed by atoms with Crippen molar-refractivity contribution < 1.29 is 4.42 Å². The summed E-state index contributed by atoms with van der Waals surface area (Å²) in [5, 5.41) is 0.732. The summed E-state index contributed by atoms with van der Waals surface area (Å²) in [4.78, 5) is 9.02. The summed E-state index contributed by atoms with van der Waals surface area (Å²) in [6.45, 7) is 3.62. The van der Waals surface area contributed by atoms with E-state index < -0.39 is 0 Å². The van der Waals surface area contributed by atoms with E-state index in [2.05, 4.69) is 16.5 Å². The molecule has 3 rings (SSSR count). The minimum absolute atomic E-state index is 0.329. The van der Waals surface area contributed by atoms with Crippen molar-refractivity contribution in [1.82, 2.24) is 9.97 Å². The number of rotatable bonds is 4. The van der Waals surface area contributed by atoms with Crippen LogP contribution in [-0.4, -0.2) is 9.97 Å². The van der Waals surface area contributed by atoms with Crippen LogP contribution in [0, 0.1) is 0 Å². The van der Waals surface area contributed by atoms with Crippen LogP contribution < -0.4 is 5.73 Å². The van der Waals surface area contributed by atoms with Crippen molar-refractivity contribution in [3.8, 4) is 0 Å². The molecule has 0 amide bonds. The van der Waals surface area contributed by atoms with Crippen molar-refractivity contribution in [2.75, 3.05) is 0 Å². The second kappa shape index (κ2) is 7.49. The maximum absolute atomic E-state index is 6.28. The highest BCUT2D eigenvalue weighted by Crippen LogP contribution is 2.34. The Morgan fingerprint density at radius 3 is 2.96 bits per heavy atom. The normalized spacial score (nSPS) is 18.4. The van der Waals surface area contributed by atoms with Crippen LogP contribution in [-0.2, 0) is 12.8 Å². The third-order valence-corrected chi connectivity index (χ3v) is 4.49. The molecule has 124 valence electrons. The van der Waals surface area contributed by atoms with E-state index in [0.29, 0.717) is 17.5 Å². The SMILES string of the molecule is C=C/C=C\C=C(/N)c1nc2c(o1)CCC(c1ncccc1Cl)CC2. The van der Waals surface area contributed by atoms with Crippen molar-refractivity contribution in [2.45, 2.75) is 31.6 Å². The molecule has 0 bridgehead atoms. The van der Waals surface area contributed by atoms with Gasteiger partial charge in [-0.25, -0.2) is 4.98 Å². The number of aromatic nitrogens is 2. The van der Waals surface area contributed by atoms with Crippen LogP contribution >= 0.6 is 11.6 Å². The molecular weight excluding hydrogens is 322 g/mol. The van der Waals surface area contributed by atoms with Crippen LogP contribution in [0.15, 0.2) is 53.6 Å². The van der Waals surface area contributed by atoms with Gasteiger partial charge in [-0.3, -0.25) is 4.98 Å². The molecule has 0 saturated carbocycles. The second-order valence-corrected chi connectivity index (χ2v) is 6.18. The smallest absolute Gasteiger partial charge is 0.242 e. The van der Waals surface area contributed by atoms with Gasteiger partial charge in [-0.1, -0.05) is 36.4 Å². The first-order chi connectivity index (χ1) is 11.7. The third-order valence-electron chi connectivity index (χ3n) is 4.17. The lowest BCUT2D eigenvalue weighted by Gasteiger charge is -2.14. The molecule has 4 nitrogen and oxygen atoms in total. The Bertz CT molecular complexity index is 766. The highest BCUT2D eigenvalue weighted by atomic mass is 35.5. The number of fused-ring (bicyclic) bond motifs is 1. The van der Waals surface area contributed by atoms with E-state index in [9.17, 15) is 0 Å². The van der Waals surface area contributed by atoms with Gasteiger partial charge >= 0.3 is 0 Å². The monoisotopic (exact) mass is 341 g/mol. The number of hydrogen-bond donors (Lipinski definition) is 1. The number of nitrogens with zero attached hydrogens (tertiary/aromatic N) is 2. The first-order valence-electron chi connectivity index (χ1n) is 8.03. The van der Waals surface area contributed by atoms with E-state index in [1.807, 2.05) is 24.3 Å². The third kappa shape index (κ3) is 3.60. The standard InChI is InChI=1S/C19H20ClN3O/c1-2-3-4-7-15(21)19-23-16-10-8-13(9-11-17(16)24-19)18-14(20)6-5-12-22-18/h2-7,12-13H,1,8-11,21H2/b4-3-,15-7-. The number of nitrogens with two attached hydrogens (primary N) is 1. The highest BCUT2D eigenvalue weighted by Gasteiger charge is 2.24. The Kier molecular flexibility index (Phi) is 5.16. The van der Waals surface area contributed by atoms with Crippen molar-refractivity contribution in [2.24, 2.45) is 5.73 Å². The zero-order valence-corrected chi connectivity index (χ0v) is 14.2.